The van der Waals surface area contributed by atoms with Crippen LogP contribution in [0.5, 0.6) is 0 Å². The lowest BCUT2D eigenvalue weighted by Gasteiger charge is -2.10. The van der Waals surface area contributed by atoms with Crippen molar-refractivity contribution in [1.29, 1.82) is 0 Å². The molecule has 0 amide bonds. The summed E-state index contributed by atoms with van der Waals surface area (Å²) in [5.74, 6) is 1.03. The summed E-state index contributed by atoms with van der Waals surface area (Å²) in [6, 6.07) is 10.5. The van der Waals surface area contributed by atoms with Crippen LogP contribution in [0, 0.1) is 5.95 Å². The third kappa shape index (κ3) is 4.48. The maximum absolute atomic E-state index is 14.5. The molecule has 0 saturated heterocycles. The third-order valence-corrected chi connectivity index (χ3v) is 5.18. The summed E-state index contributed by atoms with van der Waals surface area (Å²) in [6.07, 6.45) is 3.99. The van der Waals surface area contributed by atoms with E-state index >= 15 is 0 Å². The number of nitrogens with one attached hydrogen (secondary N) is 1. The van der Waals surface area contributed by atoms with Crippen LogP contribution in [-0.4, -0.2) is 45.7 Å². The summed E-state index contributed by atoms with van der Waals surface area (Å²) in [6.45, 7) is 4.57. The van der Waals surface area contributed by atoms with E-state index in [4.69, 9.17) is 0 Å². The summed E-state index contributed by atoms with van der Waals surface area (Å²) in [5, 5.41) is 18.1. The predicted molar refractivity (Wildman–Crippen MR) is 116 cm³/mol. The van der Waals surface area contributed by atoms with Crippen LogP contribution >= 0.6 is 0 Å². The van der Waals surface area contributed by atoms with Gasteiger partial charge in [0.15, 0.2) is 11.8 Å². The molecule has 3 aromatic heterocycles. The standard InChI is InChI=1S/C22H25FN8O/c1-3-5-7-20-24-22(18(32)6-4-2)27-30(20)14-15-8-10-16(11-9-15)31-17(12-13-19(31)23)21-25-28-29-26-21/h8-13H,3-7,14H2,1-2H3,(H,25,26,28,29). The molecule has 9 nitrogen and oxygen atoms in total. The number of ketones is 1. The van der Waals surface area contributed by atoms with Gasteiger partial charge >= 0.3 is 0 Å². The molecule has 4 aromatic rings. The normalized spacial score (nSPS) is 11.2. The Labute approximate surface area is 184 Å². The number of carbonyl (C=O) groups excluding carboxylic acids is 1. The molecular weight excluding hydrogens is 411 g/mol. The SMILES string of the molecule is CCCCc1nc(C(=O)CCC)nn1Cc1ccc(-n2c(F)ccc2-c2nnn[nH]2)cc1. The first-order valence-corrected chi connectivity index (χ1v) is 10.8. The Kier molecular flexibility index (Phi) is 6.48. The number of aromatic nitrogens is 8. The Morgan fingerprint density at radius 1 is 1.09 bits per heavy atom. The number of Topliss-reactive ketones (excluding diaryl/α,β-unsaturated/α-hetero) is 1. The summed E-state index contributed by atoms with van der Waals surface area (Å²) in [5.41, 5.74) is 2.14. The summed E-state index contributed by atoms with van der Waals surface area (Å²) in [4.78, 5) is 16.8. The molecule has 32 heavy (non-hydrogen) atoms. The third-order valence-electron chi connectivity index (χ3n) is 5.18. The van der Waals surface area contributed by atoms with E-state index in [0.717, 1.165) is 37.1 Å². The van der Waals surface area contributed by atoms with Crippen molar-refractivity contribution in [2.45, 2.75) is 52.5 Å². The van der Waals surface area contributed by atoms with Crippen LogP contribution in [0.4, 0.5) is 4.39 Å². The molecular formula is C22H25FN8O. The Hall–Kier alpha value is -3.69. The lowest BCUT2D eigenvalue weighted by molar-refractivity contribution is 0.0971. The van der Waals surface area contributed by atoms with Gasteiger partial charge in [0, 0.05) is 18.5 Å². The minimum atomic E-state index is -0.415. The van der Waals surface area contributed by atoms with Crippen LogP contribution in [0.3, 0.4) is 0 Å². The first-order chi connectivity index (χ1) is 15.6. The number of aryl methyl sites for hydroxylation is 1. The minimum Gasteiger partial charge on any atom is -0.291 e. The molecule has 0 bridgehead atoms. The topological polar surface area (TPSA) is 107 Å². The van der Waals surface area contributed by atoms with Crippen molar-refractivity contribution in [2.75, 3.05) is 0 Å². The molecule has 0 spiro atoms. The van der Waals surface area contributed by atoms with Crippen LogP contribution in [0.2, 0.25) is 0 Å². The highest BCUT2D eigenvalue weighted by Crippen LogP contribution is 2.23. The molecule has 1 aromatic carbocycles. The van der Waals surface area contributed by atoms with Gasteiger partial charge in [-0.05, 0) is 53.1 Å². The highest BCUT2D eigenvalue weighted by molar-refractivity contribution is 5.92. The highest BCUT2D eigenvalue weighted by Gasteiger charge is 2.17. The molecule has 10 heteroatoms. The van der Waals surface area contributed by atoms with Crippen LogP contribution in [-0.2, 0) is 13.0 Å². The number of hydrogen-bond donors (Lipinski definition) is 1. The first kappa shape index (κ1) is 21.5. The number of carbonyl (C=O) groups is 1. The quantitative estimate of drug-likeness (QED) is 0.379. The first-order valence-electron chi connectivity index (χ1n) is 10.8. The Morgan fingerprint density at radius 3 is 2.59 bits per heavy atom. The number of H-pyrrole nitrogens is 1. The molecule has 4 rings (SSSR count). The second kappa shape index (κ2) is 9.63. The van der Waals surface area contributed by atoms with E-state index in [0.29, 0.717) is 30.2 Å². The number of unbranched alkanes of at least 4 members (excludes halogenated alkanes) is 1. The van der Waals surface area contributed by atoms with Gasteiger partial charge in [0.2, 0.25) is 11.6 Å². The monoisotopic (exact) mass is 436 g/mol. The van der Waals surface area contributed by atoms with Gasteiger partial charge in [-0.1, -0.05) is 32.4 Å². The lowest BCUT2D eigenvalue weighted by Crippen LogP contribution is -2.08. The maximum Gasteiger partial charge on any atom is 0.217 e. The molecule has 0 aliphatic heterocycles. The van der Waals surface area contributed by atoms with Crippen molar-refractivity contribution in [3.8, 4) is 17.2 Å². The molecule has 166 valence electrons. The fourth-order valence-corrected chi connectivity index (χ4v) is 3.53. The number of rotatable bonds is 10. The van der Waals surface area contributed by atoms with E-state index < -0.39 is 5.95 Å². The van der Waals surface area contributed by atoms with Crippen molar-refractivity contribution in [2.24, 2.45) is 0 Å². The minimum absolute atomic E-state index is 0.0307. The van der Waals surface area contributed by atoms with Crippen molar-refractivity contribution in [3.63, 3.8) is 0 Å². The van der Waals surface area contributed by atoms with Gasteiger partial charge in [-0.25, -0.2) is 14.8 Å². The van der Waals surface area contributed by atoms with Crippen molar-refractivity contribution in [1.82, 2.24) is 40.0 Å². The zero-order chi connectivity index (χ0) is 22.5. The summed E-state index contributed by atoms with van der Waals surface area (Å²) >= 11 is 0. The number of benzene rings is 1. The molecule has 0 aliphatic rings. The van der Waals surface area contributed by atoms with Gasteiger partial charge in [0.05, 0.1) is 12.2 Å². The van der Waals surface area contributed by atoms with Crippen molar-refractivity contribution in [3.05, 3.63) is 59.6 Å². The van der Waals surface area contributed by atoms with Gasteiger partial charge in [0.1, 0.15) is 5.82 Å². The second-order valence-corrected chi connectivity index (χ2v) is 7.58. The molecule has 0 fully saturated rings. The number of halogens is 1. The van der Waals surface area contributed by atoms with Crippen molar-refractivity contribution < 1.29 is 9.18 Å². The lowest BCUT2D eigenvalue weighted by atomic mass is 10.2. The Balaban J connectivity index is 1.59. The second-order valence-electron chi connectivity index (χ2n) is 7.58. The van der Waals surface area contributed by atoms with E-state index in [1.165, 1.54) is 10.6 Å². The Morgan fingerprint density at radius 2 is 1.91 bits per heavy atom. The maximum atomic E-state index is 14.5. The zero-order valence-electron chi connectivity index (χ0n) is 18.1. The molecule has 3 heterocycles. The molecule has 1 N–H and O–H groups in total. The van der Waals surface area contributed by atoms with E-state index in [1.54, 1.807) is 10.7 Å². The van der Waals surface area contributed by atoms with Crippen LogP contribution in [0.25, 0.3) is 17.2 Å². The average molecular weight is 436 g/mol. The van der Waals surface area contributed by atoms with E-state index in [2.05, 4.69) is 37.6 Å². The highest BCUT2D eigenvalue weighted by atomic mass is 19.1. The van der Waals surface area contributed by atoms with Gasteiger partial charge in [-0.3, -0.25) is 9.36 Å². The Bertz CT molecular complexity index is 1180. The molecule has 0 atom stereocenters. The number of tetrazole rings is 1. The van der Waals surface area contributed by atoms with E-state index in [9.17, 15) is 9.18 Å². The smallest absolute Gasteiger partial charge is 0.217 e. The van der Waals surface area contributed by atoms with Crippen molar-refractivity contribution >= 4 is 5.78 Å². The van der Waals surface area contributed by atoms with Gasteiger partial charge in [-0.15, -0.1) is 10.2 Å². The summed E-state index contributed by atoms with van der Waals surface area (Å²) < 4.78 is 17.7. The molecule has 0 aliphatic carbocycles. The average Bonchev–Trinajstić information content (AvgIpc) is 3.53. The molecule has 0 radical (unpaired) electrons. The number of nitrogens with zero attached hydrogens (tertiary/aromatic N) is 7. The largest absolute Gasteiger partial charge is 0.291 e. The van der Waals surface area contributed by atoms with E-state index in [-0.39, 0.29) is 11.6 Å². The fourth-order valence-electron chi connectivity index (χ4n) is 3.53. The number of hydrogen-bond acceptors (Lipinski definition) is 6. The van der Waals surface area contributed by atoms with E-state index in [1.807, 2.05) is 31.2 Å². The molecule has 0 saturated carbocycles. The predicted octanol–water partition coefficient (Wildman–Crippen LogP) is 3.76. The molecule has 0 unspecified atom stereocenters. The van der Waals surface area contributed by atoms with Crippen LogP contribution in [0.15, 0.2) is 36.4 Å². The fraction of sp³-hybridized carbons (Fsp3) is 0.364. The van der Waals surface area contributed by atoms with Crippen LogP contribution in [0.1, 0.15) is 61.5 Å². The van der Waals surface area contributed by atoms with Gasteiger partial charge < -0.3 is 0 Å². The van der Waals surface area contributed by atoms with Gasteiger partial charge in [-0.2, -0.15) is 4.39 Å². The van der Waals surface area contributed by atoms with Crippen LogP contribution < -0.4 is 0 Å². The zero-order valence-corrected chi connectivity index (χ0v) is 18.1. The van der Waals surface area contributed by atoms with Gasteiger partial charge in [0.25, 0.3) is 0 Å². The summed E-state index contributed by atoms with van der Waals surface area (Å²) in [7, 11) is 0. The number of aromatic amines is 1.